The molecule has 1 aliphatic rings. The molecule has 3 aromatic rings. The summed E-state index contributed by atoms with van der Waals surface area (Å²) in [6.45, 7) is 7.81. The van der Waals surface area contributed by atoms with Crippen molar-refractivity contribution in [2.75, 3.05) is 44.2 Å². The van der Waals surface area contributed by atoms with E-state index in [2.05, 4.69) is 66.5 Å². The Hall–Kier alpha value is -3.45. The number of ether oxygens (including phenoxy) is 1. The molecule has 37 heavy (non-hydrogen) atoms. The molecule has 3 aromatic carbocycles. The standard InChI is InChI=1S/C30H35N3O3S/c1-23-13-14-27(24(2)21-23)37-28-12-7-6-11-26(28)32-16-18-33(19-17-32)30(35)36-20-8-15-31-29(34)22-25-9-4-3-5-10-25/h3-7,9-14,21H,8,15-20,22H2,1-2H3,(H,31,34). The van der Waals surface area contributed by atoms with Gasteiger partial charge in [0.2, 0.25) is 5.91 Å². The number of hydrogen-bond donors (Lipinski definition) is 1. The number of hydrogen-bond acceptors (Lipinski definition) is 5. The smallest absolute Gasteiger partial charge is 0.409 e. The van der Waals surface area contributed by atoms with E-state index in [9.17, 15) is 9.59 Å². The van der Waals surface area contributed by atoms with Crippen LogP contribution in [0.1, 0.15) is 23.1 Å². The van der Waals surface area contributed by atoms with Crippen LogP contribution in [-0.2, 0) is 16.0 Å². The molecule has 0 saturated carbocycles. The normalized spacial score (nSPS) is 13.4. The van der Waals surface area contributed by atoms with Gasteiger partial charge in [-0.1, -0.05) is 71.9 Å². The summed E-state index contributed by atoms with van der Waals surface area (Å²) in [6.07, 6.45) is 0.667. The zero-order valence-electron chi connectivity index (χ0n) is 21.6. The molecule has 1 aliphatic heterocycles. The Morgan fingerprint density at radius 3 is 2.38 bits per heavy atom. The molecule has 1 N–H and O–H groups in total. The number of amides is 2. The highest BCUT2D eigenvalue weighted by atomic mass is 32.2. The highest BCUT2D eigenvalue weighted by molar-refractivity contribution is 7.99. The Morgan fingerprint density at radius 2 is 1.62 bits per heavy atom. The van der Waals surface area contributed by atoms with E-state index in [0.29, 0.717) is 39.1 Å². The van der Waals surface area contributed by atoms with E-state index in [4.69, 9.17) is 4.74 Å². The first-order valence-corrected chi connectivity index (χ1v) is 13.6. The summed E-state index contributed by atoms with van der Waals surface area (Å²) in [5, 5.41) is 2.88. The number of piperazine rings is 1. The molecule has 6 nitrogen and oxygen atoms in total. The maximum Gasteiger partial charge on any atom is 0.409 e. The number of carbonyl (C=O) groups is 2. The molecule has 1 saturated heterocycles. The third-order valence-electron chi connectivity index (χ3n) is 6.37. The van der Waals surface area contributed by atoms with Gasteiger partial charge in [0.15, 0.2) is 0 Å². The highest BCUT2D eigenvalue weighted by Crippen LogP contribution is 2.37. The Labute approximate surface area is 224 Å². The lowest BCUT2D eigenvalue weighted by molar-refractivity contribution is -0.120. The van der Waals surface area contributed by atoms with Crippen molar-refractivity contribution in [2.45, 2.75) is 36.5 Å². The van der Waals surface area contributed by atoms with Crippen molar-refractivity contribution in [2.24, 2.45) is 0 Å². The Bertz CT molecular complexity index is 1190. The summed E-state index contributed by atoms with van der Waals surface area (Å²) < 4.78 is 5.46. The van der Waals surface area contributed by atoms with Crippen LogP contribution in [0.25, 0.3) is 0 Å². The minimum absolute atomic E-state index is 0.0235. The van der Waals surface area contributed by atoms with Crippen LogP contribution in [0.5, 0.6) is 0 Å². The summed E-state index contributed by atoms with van der Waals surface area (Å²) in [7, 11) is 0. The van der Waals surface area contributed by atoms with Crippen molar-refractivity contribution in [3.8, 4) is 0 Å². The Balaban J connectivity index is 1.19. The minimum Gasteiger partial charge on any atom is -0.449 e. The number of benzene rings is 3. The van der Waals surface area contributed by atoms with Crippen molar-refractivity contribution in [3.63, 3.8) is 0 Å². The molecule has 0 radical (unpaired) electrons. The number of anilines is 1. The average molecular weight is 518 g/mol. The third-order valence-corrected chi connectivity index (χ3v) is 7.61. The molecule has 1 heterocycles. The van der Waals surface area contributed by atoms with Gasteiger partial charge in [-0.15, -0.1) is 0 Å². The van der Waals surface area contributed by atoms with Crippen molar-refractivity contribution in [3.05, 3.63) is 89.5 Å². The SMILES string of the molecule is Cc1ccc(Sc2ccccc2N2CCN(C(=O)OCCCNC(=O)Cc3ccccc3)CC2)c(C)c1. The van der Waals surface area contributed by atoms with Crippen LogP contribution < -0.4 is 10.2 Å². The van der Waals surface area contributed by atoms with Gasteiger partial charge in [-0.05, 0) is 49.6 Å². The predicted molar refractivity (Wildman–Crippen MR) is 149 cm³/mol. The molecule has 0 aliphatic carbocycles. The van der Waals surface area contributed by atoms with Crippen LogP contribution in [0.15, 0.2) is 82.6 Å². The second-order valence-electron chi connectivity index (χ2n) is 9.29. The summed E-state index contributed by atoms with van der Waals surface area (Å²) in [4.78, 5) is 31.2. The Kier molecular flexibility index (Phi) is 9.49. The minimum atomic E-state index is -0.284. The van der Waals surface area contributed by atoms with E-state index in [1.807, 2.05) is 30.3 Å². The van der Waals surface area contributed by atoms with Crippen molar-refractivity contribution in [1.29, 1.82) is 0 Å². The molecule has 0 aromatic heterocycles. The van der Waals surface area contributed by atoms with Gasteiger partial charge in [0.25, 0.3) is 0 Å². The molecule has 0 unspecified atom stereocenters. The van der Waals surface area contributed by atoms with Gasteiger partial charge < -0.3 is 19.9 Å². The molecule has 0 bridgehead atoms. The van der Waals surface area contributed by atoms with E-state index in [1.165, 1.54) is 26.6 Å². The van der Waals surface area contributed by atoms with E-state index < -0.39 is 0 Å². The number of para-hydroxylation sites is 1. The number of aryl methyl sites for hydroxylation is 2. The van der Waals surface area contributed by atoms with E-state index >= 15 is 0 Å². The largest absolute Gasteiger partial charge is 0.449 e. The first-order chi connectivity index (χ1) is 18.0. The van der Waals surface area contributed by atoms with Gasteiger partial charge in [-0.2, -0.15) is 0 Å². The van der Waals surface area contributed by atoms with Crippen molar-refractivity contribution < 1.29 is 14.3 Å². The van der Waals surface area contributed by atoms with Crippen LogP contribution in [0, 0.1) is 13.8 Å². The summed E-state index contributed by atoms with van der Waals surface area (Å²) in [5.41, 5.74) is 4.73. The summed E-state index contributed by atoms with van der Waals surface area (Å²) >= 11 is 1.79. The fraction of sp³-hybridized carbons (Fsp3) is 0.333. The van der Waals surface area contributed by atoms with Gasteiger partial charge in [0.05, 0.1) is 18.7 Å². The fourth-order valence-electron chi connectivity index (χ4n) is 4.36. The molecule has 0 spiro atoms. The van der Waals surface area contributed by atoms with Gasteiger partial charge in [0, 0.05) is 42.5 Å². The van der Waals surface area contributed by atoms with E-state index in [1.54, 1.807) is 16.7 Å². The average Bonchev–Trinajstić information content (AvgIpc) is 2.91. The lowest BCUT2D eigenvalue weighted by atomic mass is 10.1. The van der Waals surface area contributed by atoms with Gasteiger partial charge in [-0.25, -0.2) is 4.79 Å². The van der Waals surface area contributed by atoms with Crippen molar-refractivity contribution in [1.82, 2.24) is 10.2 Å². The number of nitrogens with zero attached hydrogens (tertiary/aromatic N) is 2. The molecule has 1 fully saturated rings. The molecular weight excluding hydrogens is 482 g/mol. The first-order valence-electron chi connectivity index (χ1n) is 12.8. The second-order valence-corrected chi connectivity index (χ2v) is 10.4. The topological polar surface area (TPSA) is 61.9 Å². The zero-order valence-corrected chi connectivity index (χ0v) is 22.4. The van der Waals surface area contributed by atoms with E-state index in [0.717, 1.165) is 18.7 Å². The predicted octanol–water partition coefficient (Wildman–Crippen LogP) is 5.46. The molecule has 194 valence electrons. The second kappa shape index (κ2) is 13.2. The molecule has 0 atom stereocenters. The maximum atomic E-state index is 12.5. The molecule has 7 heteroatoms. The van der Waals surface area contributed by atoms with Crippen LogP contribution in [0.3, 0.4) is 0 Å². The fourth-order valence-corrected chi connectivity index (χ4v) is 5.40. The molecular formula is C30H35N3O3S. The van der Waals surface area contributed by atoms with E-state index in [-0.39, 0.29) is 12.0 Å². The van der Waals surface area contributed by atoms with Crippen LogP contribution in [-0.4, -0.2) is 56.2 Å². The summed E-state index contributed by atoms with van der Waals surface area (Å²) in [5.74, 6) is -0.0235. The zero-order chi connectivity index (χ0) is 26.0. The van der Waals surface area contributed by atoms with Gasteiger partial charge in [-0.3, -0.25) is 4.79 Å². The third kappa shape index (κ3) is 7.76. The van der Waals surface area contributed by atoms with Gasteiger partial charge in [0.1, 0.15) is 0 Å². The Morgan fingerprint density at radius 1 is 0.892 bits per heavy atom. The lowest BCUT2D eigenvalue weighted by Gasteiger charge is -2.36. The van der Waals surface area contributed by atoms with Crippen molar-refractivity contribution >= 4 is 29.4 Å². The first kappa shape index (κ1) is 26.6. The monoisotopic (exact) mass is 517 g/mol. The molecule has 4 rings (SSSR count). The number of carbonyl (C=O) groups excluding carboxylic acids is 2. The maximum absolute atomic E-state index is 12.5. The number of nitrogens with one attached hydrogen (secondary N) is 1. The van der Waals surface area contributed by atoms with Crippen LogP contribution in [0.4, 0.5) is 10.5 Å². The quantitative estimate of drug-likeness (QED) is 0.382. The van der Waals surface area contributed by atoms with Crippen LogP contribution in [0.2, 0.25) is 0 Å². The lowest BCUT2D eigenvalue weighted by Crippen LogP contribution is -2.49. The summed E-state index contributed by atoms with van der Waals surface area (Å²) in [6, 6.07) is 24.7. The molecule has 2 amide bonds. The number of rotatable bonds is 9. The van der Waals surface area contributed by atoms with Gasteiger partial charge >= 0.3 is 6.09 Å². The van der Waals surface area contributed by atoms with Crippen LogP contribution >= 0.6 is 11.8 Å². The highest BCUT2D eigenvalue weighted by Gasteiger charge is 2.23.